The van der Waals surface area contributed by atoms with Crippen LogP contribution < -0.4 is 15.2 Å². The lowest BCUT2D eigenvalue weighted by Crippen LogP contribution is -2.11. The topological polar surface area (TPSA) is 44.5 Å². The molecule has 2 N–H and O–H groups in total. The summed E-state index contributed by atoms with van der Waals surface area (Å²) >= 11 is 1.68. The summed E-state index contributed by atoms with van der Waals surface area (Å²) in [6, 6.07) is 10.0. The highest BCUT2D eigenvalue weighted by Gasteiger charge is 2.11. The number of nitrogens with two attached hydrogens (primary N) is 1. The molecule has 0 bridgehead atoms. The number of thiophene rings is 1. The van der Waals surface area contributed by atoms with Crippen LogP contribution in [0.1, 0.15) is 16.5 Å². The zero-order valence-corrected chi connectivity index (χ0v) is 12.4. The Morgan fingerprint density at radius 3 is 2.85 bits per heavy atom. The van der Waals surface area contributed by atoms with Crippen LogP contribution in [0.2, 0.25) is 0 Å². The maximum atomic E-state index is 6.21. The summed E-state index contributed by atoms with van der Waals surface area (Å²) in [4.78, 5) is 1.19. The fourth-order valence-corrected chi connectivity index (χ4v) is 2.69. The Kier molecular flexibility index (Phi) is 5.21. The van der Waals surface area contributed by atoms with Gasteiger partial charge in [-0.25, -0.2) is 0 Å². The summed E-state index contributed by atoms with van der Waals surface area (Å²) in [7, 11) is 1.64. The zero-order valence-electron chi connectivity index (χ0n) is 11.5. The number of methoxy groups -OCH3 is 1. The van der Waals surface area contributed by atoms with Gasteiger partial charge in [0, 0.05) is 10.9 Å². The van der Waals surface area contributed by atoms with Crippen LogP contribution >= 0.6 is 11.3 Å². The Balaban J connectivity index is 2.10. The van der Waals surface area contributed by atoms with E-state index in [-0.39, 0.29) is 6.04 Å². The number of hydrogen-bond acceptors (Lipinski definition) is 4. The van der Waals surface area contributed by atoms with Gasteiger partial charge in [-0.1, -0.05) is 24.8 Å². The molecule has 20 heavy (non-hydrogen) atoms. The molecule has 4 heteroatoms. The Morgan fingerprint density at radius 1 is 1.35 bits per heavy atom. The molecular formula is C16H19NO2S. The third-order valence-electron chi connectivity index (χ3n) is 2.95. The van der Waals surface area contributed by atoms with E-state index in [4.69, 9.17) is 15.2 Å². The van der Waals surface area contributed by atoms with Gasteiger partial charge in [0.15, 0.2) is 11.5 Å². The highest BCUT2D eigenvalue weighted by Crippen LogP contribution is 2.30. The maximum Gasteiger partial charge on any atom is 0.161 e. The molecule has 1 unspecified atom stereocenters. The first-order valence-electron chi connectivity index (χ1n) is 6.44. The monoisotopic (exact) mass is 289 g/mol. The van der Waals surface area contributed by atoms with Crippen LogP contribution in [0.3, 0.4) is 0 Å². The van der Waals surface area contributed by atoms with E-state index < -0.39 is 0 Å². The standard InChI is InChI=1S/C16H19NO2S/c1-3-8-19-14-7-6-12(11-15(14)18-2)10-13(17)16-5-4-9-20-16/h3-7,9,11,13H,1,8,10,17H2,2H3. The first-order chi connectivity index (χ1) is 9.74. The predicted molar refractivity (Wildman–Crippen MR) is 83.6 cm³/mol. The van der Waals surface area contributed by atoms with Crippen molar-refractivity contribution in [3.8, 4) is 11.5 Å². The highest BCUT2D eigenvalue weighted by molar-refractivity contribution is 7.10. The molecule has 0 fully saturated rings. The van der Waals surface area contributed by atoms with Gasteiger partial charge in [-0.3, -0.25) is 0 Å². The maximum absolute atomic E-state index is 6.21. The Morgan fingerprint density at radius 2 is 2.20 bits per heavy atom. The van der Waals surface area contributed by atoms with Gasteiger partial charge in [0.05, 0.1) is 7.11 Å². The third kappa shape index (κ3) is 3.62. The fourth-order valence-electron chi connectivity index (χ4n) is 1.96. The Labute approximate surface area is 123 Å². The minimum Gasteiger partial charge on any atom is -0.493 e. The molecule has 0 aliphatic heterocycles. The van der Waals surface area contributed by atoms with Gasteiger partial charge < -0.3 is 15.2 Å². The highest BCUT2D eigenvalue weighted by atomic mass is 32.1. The SMILES string of the molecule is C=CCOc1ccc(CC(N)c2cccs2)cc1OC. The predicted octanol–water partition coefficient (Wildman–Crippen LogP) is 3.56. The van der Waals surface area contributed by atoms with Crippen LogP contribution in [0.4, 0.5) is 0 Å². The first kappa shape index (κ1) is 14.6. The zero-order chi connectivity index (χ0) is 14.4. The van der Waals surface area contributed by atoms with Gasteiger partial charge in [0.1, 0.15) is 6.61 Å². The molecule has 1 heterocycles. The average molecular weight is 289 g/mol. The fraction of sp³-hybridized carbons (Fsp3) is 0.250. The van der Waals surface area contributed by atoms with E-state index in [1.54, 1.807) is 24.5 Å². The lowest BCUT2D eigenvalue weighted by molar-refractivity contribution is 0.326. The van der Waals surface area contributed by atoms with Crippen molar-refractivity contribution in [2.24, 2.45) is 5.73 Å². The van der Waals surface area contributed by atoms with Gasteiger partial charge in [-0.05, 0) is 35.6 Å². The smallest absolute Gasteiger partial charge is 0.161 e. The second kappa shape index (κ2) is 7.12. The molecule has 1 aromatic carbocycles. The van der Waals surface area contributed by atoms with E-state index in [1.807, 2.05) is 29.6 Å². The molecule has 1 aromatic heterocycles. The number of benzene rings is 1. The molecule has 106 valence electrons. The summed E-state index contributed by atoms with van der Waals surface area (Å²) < 4.78 is 10.9. The van der Waals surface area contributed by atoms with Gasteiger partial charge in [-0.15, -0.1) is 11.3 Å². The van der Waals surface area contributed by atoms with Crippen LogP contribution in [0, 0.1) is 0 Å². The summed E-state index contributed by atoms with van der Waals surface area (Å²) in [6.45, 7) is 4.10. The van der Waals surface area contributed by atoms with Crippen LogP contribution in [0.5, 0.6) is 11.5 Å². The van der Waals surface area contributed by atoms with Crippen molar-refractivity contribution in [3.63, 3.8) is 0 Å². The number of hydrogen-bond donors (Lipinski definition) is 1. The van der Waals surface area contributed by atoms with Crippen LogP contribution in [0.15, 0.2) is 48.4 Å². The molecule has 0 saturated carbocycles. The van der Waals surface area contributed by atoms with E-state index in [0.717, 1.165) is 23.5 Å². The van der Waals surface area contributed by atoms with Crippen molar-refractivity contribution >= 4 is 11.3 Å². The van der Waals surface area contributed by atoms with Crippen LogP contribution in [-0.4, -0.2) is 13.7 Å². The molecule has 0 spiro atoms. The van der Waals surface area contributed by atoms with Gasteiger partial charge in [0.25, 0.3) is 0 Å². The molecule has 2 rings (SSSR count). The second-order valence-corrected chi connectivity index (χ2v) is 5.39. The van der Waals surface area contributed by atoms with Crippen molar-refractivity contribution in [1.82, 2.24) is 0 Å². The Hall–Kier alpha value is -1.78. The van der Waals surface area contributed by atoms with Gasteiger partial charge in [-0.2, -0.15) is 0 Å². The normalized spacial score (nSPS) is 11.9. The van der Waals surface area contributed by atoms with Crippen molar-refractivity contribution in [1.29, 1.82) is 0 Å². The van der Waals surface area contributed by atoms with Crippen LogP contribution in [-0.2, 0) is 6.42 Å². The van der Waals surface area contributed by atoms with Crippen molar-refractivity contribution < 1.29 is 9.47 Å². The van der Waals surface area contributed by atoms with Crippen molar-refractivity contribution in [2.45, 2.75) is 12.5 Å². The van der Waals surface area contributed by atoms with Crippen LogP contribution in [0.25, 0.3) is 0 Å². The van der Waals surface area contributed by atoms with E-state index in [9.17, 15) is 0 Å². The lowest BCUT2D eigenvalue weighted by Gasteiger charge is -2.13. The largest absolute Gasteiger partial charge is 0.493 e. The number of ether oxygens (including phenoxy) is 2. The molecule has 0 amide bonds. The molecule has 2 aromatic rings. The van der Waals surface area contributed by atoms with E-state index in [0.29, 0.717) is 6.61 Å². The summed E-state index contributed by atoms with van der Waals surface area (Å²) in [5, 5.41) is 2.04. The molecule has 0 aliphatic rings. The lowest BCUT2D eigenvalue weighted by atomic mass is 10.0. The van der Waals surface area contributed by atoms with Gasteiger partial charge >= 0.3 is 0 Å². The average Bonchev–Trinajstić information content (AvgIpc) is 3.00. The first-order valence-corrected chi connectivity index (χ1v) is 7.32. The second-order valence-electron chi connectivity index (χ2n) is 4.41. The molecule has 0 radical (unpaired) electrons. The summed E-state index contributed by atoms with van der Waals surface area (Å²) in [6.07, 6.45) is 2.48. The molecular weight excluding hydrogens is 270 g/mol. The summed E-state index contributed by atoms with van der Waals surface area (Å²) in [5.41, 5.74) is 7.34. The van der Waals surface area contributed by atoms with Gasteiger partial charge in [0.2, 0.25) is 0 Å². The quantitative estimate of drug-likeness (QED) is 0.793. The van der Waals surface area contributed by atoms with E-state index in [1.165, 1.54) is 4.88 Å². The van der Waals surface area contributed by atoms with Crippen molar-refractivity contribution in [3.05, 3.63) is 58.8 Å². The summed E-state index contributed by atoms with van der Waals surface area (Å²) in [5.74, 6) is 1.45. The van der Waals surface area contributed by atoms with E-state index in [2.05, 4.69) is 12.6 Å². The molecule has 3 nitrogen and oxygen atoms in total. The third-order valence-corrected chi connectivity index (χ3v) is 3.95. The molecule has 1 atom stereocenters. The minimum atomic E-state index is 0.0136. The minimum absolute atomic E-state index is 0.0136. The molecule has 0 saturated heterocycles. The number of rotatable bonds is 7. The van der Waals surface area contributed by atoms with E-state index >= 15 is 0 Å². The molecule has 0 aliphatic carbocycles. The van der Waals surface area contributed by atoms with Crippen molar-refractivity contribution in [2.75, 3.05) is 13.7 Å². The Bertz CT molecular complexity index is 552.